The average Bonchev–Trinajstić information content (AvgIpc) is 3.17. The Bertz CT molecular complexity index is 1060. The van der Waals surface area contributed by atoms with Gasteiger partial charge < -0.3 is 4.98 Å². The highest BCUT2D eigenvalue weighted by Gasteiger charge is 2.08. The lowest BCUT2D eigenvalue weighted by atomic mass is 10.1. The molecule has 0 aliphatic heterocycles. The first-order valence-corrected chi connectivity index (χ1v) is 10.3. The van der Waals surface area contributed by atoms with E-state index < -0.39 is 0 Å². The van der Waals surface area contributed by atoms with Gasteiger partial charge in [-0.15, -0.1) is 0 Å². The van der Waals surface area contributed by atoms with Crippen molar-refractivity contribution in [1.29, 1.82) is 0 Å². The average molecular weight is 381 g/mol. The molecule has 0 aliphatic carbocycles. The van der Waals surface area contributed by atoms with Gasteiger partial charge in [-0.1, -0.05) is 90.5 Å². The first-order chi connectivity index (χ1) is 14.3. The maximum atomic E-state index is 3.40. The summed E-state index contributed by atoms with van der Waals surface area (Å²) in [6, 6.07) is 28.0. The summed E-state index contributed by atoms with van der Waals surface area (Å²) in [5.41, 5.74) is 6.52. The molecule has 0 saturated carbocycles. The molecule has 2 nitrogen and oxygen atoms in total. The zero-order chi connectivity index (χ0) is 19.9. The van der Waals surface area contributed by atoms with Crippen LogP contribution >= 0.6 is 0 Å². The lowest BCUT2D eigenvalue weighted by Gasteiger charge is -2.21. The second-order valence-electron chi connectivity index (χ2n) is 7.64. The summed E-state index contributed by atoms with van der Waals surface area (Å²) in [6.07, 6.45) is 7.70. The first-order valence-electron chi connectivity index (χ1n) is 10.3. The van der Waals surface area contributed by atoms with Crippen LogP contribution in [0.4, 0.5) is 0 Å². The third-order valence-corrected chi connectivity index (χ3v) is 5.37. The van der Waals surface area contributed by atoms with Gasteiger partial charge in [0, 0.05) is 36.7 Å². The van der Waals surface area contributed by atoms with E-state index in [0.717, 1.165) is 26.1 Å². The van der Waals surface area contributed by atoms with Crippen molar-refractivity contribution in [1.82, 2.24) is 9.88 Å². The normalized spacial score (nSPS) is 11.7. The summed E-state index contributed by atoms with van der Waals surface area (Å²) < 4.78 is 0. The molecule has 4 rings (SSSR count). The van der Waals surface area contributed by atoms with E-state index in [1.807, 2.05) is 0 Å². The molecule has 1 N–H and O–H groups in total. The van der Waals surface area contributed by atoms with Crippen LogP contribution in [0.1, 0.15) is 22.3 Å². The van der Waals surface area contributed by atoms with Crippen molar-refractivity contribution in [3.63, 3.8) is 0 Å². The lowest BCUT2D eigenvalue weighted by molar-refractivity contribution is 0.299. The molecule has 3 aromatic carbocycles. The van der Waals surface area contributed by atoms with Crippen molar-refractivity contribution in [2.24, 2.45) is 0 Å². The van der Waals surface area contributed by atoms with Crippen molar-refractivity contribution in [3.8, 4) is 0 Å². The number of fused-ring (bicyclic) bond motifs is 1. The van der Waals surface area contributed by atoms with Gasteiger partial charge in [0.15, 0.2) is 0 Å². The van der Waals surface area contributed by atoms with Crippen LogP contribution in [0.3, 0.4) is 0 Å². The number of aryl methyl sites for hydroxylation is 1. The number of rotatable bonds is 8. The fourth-order valence-corrected chi connectivity index (χ4v) is 3.71. The number of nitrogens with zero attached hydrogens (tertiary/aromatic N) is 1. The molecular weight excluding hydrogens is 352 g/mol. The molecule has 4 aromatic rings. The zero-order valence-electron chi connectivity index (χ0n) is 17.0. The molecule has 0 atom stereocenters. The Hall–Kier alpha value is -3.10. The quantitative estimate of drug-likeness (QED) is 0.384. The SMILES string of the molecule is Cc1ccc(/C=C/CN(CCc2c[nH]c3ccccc23)Cc2ccccc2)cc1. The number of aromatic nitrogens is 1. The van der Waals surface area contributed by atoms with E-state index >= 15 is 0 Å². The topological polar surface area (TPSA) is 19.0 Å². The van der Waals surface area contributed by atoms with Crippen LogP contribution in [-0.4, -0.2) is 23.0 Å². The number of para-hydroxylation sites is 1. The van der Waals surface area contributed by atoms with Gasteiger partial charge in [-0.3, -0.25) is 4.90 Å². The Kier molecular flexibility index (Phi) is 6.23. The van der Waals surface area contributed by atoms with Crippen LogP contribution in [-0.2, 0) is 13.0 Å². The van der Waals surface area contributed by atoms with Gasteiger partial charge in [-0.25, -0.2) is 0 Å². The van der Waals surface area contributed by atoms with E-state index in [4.69, 9.17) is 0 Å². The number of hydrogen-bond donors (Lipinski definition) is 1. The van der Waals surface area contributed by atoms with Gasteiger partial charge in [-0.05, 0) is 36.1 Å². The Morgan fingerprint density at radius 2 is 1.62 bits per heavy atom. The molecule has 0 saturated heterocycles. The van der Waals surface area contributed by atoms with E-state index in [1.54, 1.807) is 0 Å². The number of H-pyrrole nitrogens is 1. The fraction of sp³-hybridized carbons (Fsp3) is 0.185. The zero-order valence-corrected chi connectivity index (χ0v) is 17.0. The Morgan fingerprint density at radius 3 is 2.45 bits per heavy atom. The smallest absolute Gasteiger partial charge is 0.0456 e. The minimum Gasteiger partial charge on any atom is -0.361 e. The Balaban J connectivity index is 1.44. The molecule has 1 heterocycles. The molecule has 0 fully saturated rings. The summed E-state index contributed by atoms with van der Waals surface area (Å²) in [5, 5.41) is 1.34. The minimum atomic E-state index is 0.936. The van der Waals surface area contributed by atoms with Gasteiger partial charge in [0.2, 0.25) is 0 Å². The maximum absolute atomic E-state index is 3.40. The standard InChI is InChI=1S/C27H28N2/c1-22-13-15-23(16-14-22)10-7-18-29(21-24-8-3-2-4-9-24)19-17-25-20-28-27-12-6-5-11-26(25)27/h2-16,20,28H,17-19,21H2,1H3/b10-7+. The molecule has 146 valence electrons. The molecule has 0 radical (unpaired) electrons. The highest BCUT2D eigenvalue weighted by Crippen LogP contribution is 2.19. The molecule has 0 spiro atoms. The predicted molar refractivity (Wildman–Crippen MR) is 124 cm³/mol. The third-order valence-electron chi connectivity index (χ3n) is 5.37. The molecule has 29 heavy (non-hydrogen) atoms. The van der Waals surface area contributed by atoms with E-state index in [9.17, 15) is 0 Å². The Morgan fingerprint density at radius 1 is 0.862 bits per heavy atom. The van der Waals surface area contributed by atoms with Gasteiger partial charge in [0.25, 0.3) is 0 Å². The second kappa shape index (κ2) is 9.40. The summed E-state index contributed by atoms with van der Waals surface area (Å²) in [5.74, 6) is 0. The number of hydrogen-bond acceptors (Lipinski definition) is 1. The molecular formula is C27H28N2. The summed E-state index contributed by atoms with van der Waals surface area (Å²) in [4.78, 5) is 5.91. The number of nitrogens with one attached hydrogen (secondary N) is 1. The largest absolute Gasteiger partial charge is 0.361 e. The molecule has 1 aromatic heterocycles. The highest BCUT2D eigenvalue weighted by atomic mass is 15.1. The Labute approximate surface area is 173 Å². The van der Waals surface area contributed by atoms with Crippen molar-refractivity contribution in [3.05, 3.63) is 113 Å². The molecule has 0 amide bonds. The summed E-state index contributed by atoms with van der Waals surface area (Å²) >= 11 is 0. The van der Waals surface area contributed by atoms with Crippen LogP contribution in [0.25, 0.3) is 17.0 Å². The number of aromatic amines is 1. The van der Waals surface area contributed by atoms with Crippen LogP contribution in [0.15, 0.2) is 91.1 Å². The third kappa shape index (κ3) is 5.24. The van der Waals surface area contributed by atoms with Gasteiger partial charge in [0.05, 0.1) is 0 Å². The van der Waals surface area contributed by atoms with Crippen LogP contribution in [0.2, 0.25) is 0 Å². The van der Waals surface area contributed by atoms with E-state index in [0.29, 0.717) is 0 Å². The summed E-state index contributed by atoms with van der Waals surface area (Å²) in [6.45, 7) is 5.04. The molecule has 0 aliphatic rings. The molecule has 0 bridgehead atoms. The minimum absolute atomic E-state index is 0.936. The van der Waals surface area contributed by atoms with Gasteiger partial charge in [0.1, 0.15) is 0 Å². The van der Waals surface area contributed by atoms with Crippen molar-refractivity contribution < 1.29 is 0 Å². The van der Waals surface area contributed by atoms with Gasteiger partial charge in [-0.2, -0.15) is 0 Å². The lowest BCUT2D eigenvalue weighted by Crippen LogP contribution is -2.25. The highest BCUT2D eigenvalue weighted by molar-refractivity contribution is 5.83. The van der Waals surface area contributed by atoms with Crippen molar-refractivity contribution in [2.45, 2.75) is 19.9 Å². The molecule has 0 unspecified atom stereocenters. The van der Waals surface area contributed by atoms with E-state index in [2.05, 4.69) is 114 Å². The molecule has 2 heteroatoms. The van der Waals surface area contributed by atoms with Crippen molar-refractivity contribution in [2.75, 3.05) is 13.1 Å². The van der Waals surface area contributed by atoms with E-state index in [-0.39, 0.29) is 0 Å². The summed E-state index contributed by atoms with van der Waals surface area (Å²) in [7, 11) is 0. The van der Waals surface area contributed by atoms with E-state index in [1.165, 1.54) is 33.2 Å². The van der Waals surface area contributed by atoms with Crippen LogP contribution in [0.5, 0.6) is 0 Å². The fourth-order valence-electron chi connectivity index (χ4n) is 3.71. The van der Waals surface area contributed by atoms with Gasteiger partial charge >= 0.3 is 0 Å². The number of benzene rings is 3. The second-order valence-corrected chi connectivity index (χ2v) is 7.64. The maximum Gasteiger partial charge on any atom is 0.0456 e. The van der Waals surface area contributed by atoms with Crippen LogP contribution in [0, 0.1) is 6.92 Å². The predicted octanol–water partition coefficient (Wildman–Crippen LogP) is 6.23. The monoisotopic (exact) mass is 380 g/mol. The van der Waals surface area contributed by atoms with Crippen molar-refractivity contribution >= 4 is 17.0 Å². The van der Waals surface area contributed by atoms with Crippen LogP contribution < -0.4 is 0 Å². The first kappa shape index (κ1) is 19.2.